The lowest BCUT2D eigenvalue weighted by atomic mass is 10.1. The Kier molecular flexibility index (Phi) is 4.37. The summed E-state index contributed by atoms with van der Waals surface area (Å²) in [5, 5.41) is 1.24. The minimum Gasteiger partial charge on any atom is -1.00 e. The van der Waals surface area contributed by atoms with Gasteiger partial charge in [0.1, 0.15) is 12.8 Å². The van der Waals surface area contributed by atoms with E-state index >= 15 is 0 Å². The maximum absolute atomic E-state index is 5.30. The number of para-hydroxylation sites is 1. The minimum atomic E-state index is 0. The van der Waals surface area contributed by atoms with Crippen molar-refractivity contribution in [2.24, 2.45) is 7.05 Å². The van der Waals surface area contributed by atoms with Crippen LogP contribution in [0.1, 0.15) is 11.3 Å². The normalized spacial score (nSPS) is 10.8. The fraction of sp³-hybridized carbons (Fsp3) is 0.0625. The Morgan fingerprint density at radius 3 is 2.63 bits per heavy atom. The first-order valence-corrected chi connectivity index (χ1v) is 5.93. The summed E-state index contributed by atoms with van der Waals surface area (Å²) in [5.41, 5.74) is 2.42. The number of hydrogen-bond donors (Lipinski definition) is 0. The van der Waals surface area contributed by atoms with Crippen LogP contribution in [0.3, 0.4) is 0 Å². The summed E-state index contributed by atoms with van der Waals surface area (Å²) in [4.78, 5) is 0. The molecule has 0 unspecified atom stereocenters. The molecule has 0 aliphatic rings. The van der Waals surface area contributed by atoms with Crippen LogP contribution < -0.4 is 28.5 Å². The zero-order chi connectivity index (χ0) is 12.4. The van der Waals surface area contributed by atoms with Gasteiger partial charge in [0.2, 0.25) is 5.52 Å². The van der Waals surface area contributed by atoms with Crippen molar-refractivity contribution in [3.63, 3.8) is 0 Å². The second kappa shape index (κ2) is 6.02. The molecule has 0 fully saturated rings. The van der Waals surface area contributed by atoms with E-state index in [1.165, 1.54) is 16.5 Å². The standard InChI is InChI=1S/C16H14NO.HI/c1-17-11-10-13(8-9-14-5-4-12-18-14)15-6-2-3-7-16(15)17;/h2-12H,1H3;1H/q+1;/p-1/b9-8-;. The fourth-order valence-electron chi connectivity index (χ4n) is 2.09. The lowest BCUT2D eigenvalue weighted by molar-refractivity contribution is -0.644. The highest BCUT2D eigenvalue weighted by Crippen LogP contribution is 2.17. The molecular formula is C16H14INO. The predicted octanol–water partition coefficient (Wildman–Crippen LogP) is 0.432. The number of furan rings is 1. The van der Waals surface area contributed by atoms with Gasteiger partial charge in [-0.05, 0) is 29.8 Å². The molecule has 0 saturated carbocycles. The van der Waals surface area contributed by atoms with Crippen LogP contribution in [-0.2, 0) is 7.05 Å². The van der Waals surface area contributed by atoms with Gasteiger partial charge in [0.05, 0.1) is 11.6 Å². The molecule has 3 heteroatoms. The highest BCUT2D eigenvalue weighted by Gasteiger charge is 2.06. The molecule has 2 aromatic heterocycles. The second-order valence-electron chi connectivity index (χ2n) is 4.25. The van der Waals surface area contributed by atoms with Crippen LogP contribution in [-0.4, -0.2) is 0 Å². The minimum absolute atomic E-state index is 0. The van der Waals surface area contributed by atoms with Gasteiger partial charge in [0.15, 0.2) is 6.20 Å². The number of nitrogens with zero attached hydrogens (tertiary/aromatic N) is 1. The van der Waals surface area contributed by atoms with Crippen LogP contribution in [0.4, 0.5) is 0 Å². The summed E-state index contributed by atoms with van der Waals surface area (Å²) in [6, 6.07) is 14.3. The predicted molar refractivity (Wildman–Crippen MR) is 72.8 cm³/mol. The number of hydrogen-bond acceptors (Lipinski definition) is 1. The van der Waals surface area contributed by atoms with Gasteiger partial charge in [0.25, 0.3) is 0 Å². The van der Waals surface area contributed by atoms with Crippen LogP contribution in [0.15, 0.2) is 59.3 Å². The van der Waals surface area contributed by atoms with E-state index in [9.17, 15) is 0 Å². The van der Waals surface area contributed by atoms with E-state index in [1.807, 2.05) is 18.2 Å². The highest BCUT2D eigenvalue weighted by molar-refractivity contribution is 5.88. The molecule has 3 aromatic rings. The SMILES string of the molecule is C[n+]1ccc(/C=C\c2ccco2)c2ccccc21.[I-]. The van der Waals surface area contributed by atoms with Gasteiger partial charge >= 0.3 is 0 Å². The van der Waals surface area contributed by atoms with Crippen molar-refractivity contribution in [3.05, 3.63) is 66.2 Å². The number of aromatic nitrogens is 1. The number of benzene rings is 1. The van der Waals surface area contributed by atoms with Crippen molar-refractivity contribution >= 4 is 23.1 Å². The van der Waals surface area contributed by atoms with Gasteiger partial charge in [-0.25, -0.2) is 4.57 Å². The molecule has 0 atom stereocenters. The van der Waals surface area contributed by atoms with E-state index in [4.69, 9.17) is 4.42 Å². The monoisotopic (exact) mass is 363 g/mol. The third kappa shape index (κ3) is 2.87. The summed E-state index contributed by atoms with van der Waals surface area (Å²) in [6.07, 6.45) is 7.83. The van der Waals surface area contributed by atoms with Crippen molar-refractivity contribution in [2.45, 2.75) is 0 Å². The number of pyridine rings is 1. The lowest BCUT2D eigenvalue weighted by Gasteiger charge is -2.00. The van der Waals surface area contributed by atoms with Crippen LogP contribution in [0.5, 0.6) is 0 Å². The number of rotatable bonds is 2. The molecule has 19 heavy (non-hydrogen) atoms. The summed E-state index contributed by atoms with van der Waals surface area (Å²) in [6.45, 7) is 0. The Morgan fingerprint density at radius 2 is 1.84 bits per heavy atom. The quantitative estimate of drug-likeness (QED) is 0.477. The lowest BCUT2D eigenvalue weighted by Crippen LogP contribution is -3.00. The Bertz CT molecular complexity index is 702. The Labute approximate surface area is 129 Å². The van der Waals surface area contributed by atoms with E-state index < -0.39 is 0 Å². The molecule has 96 valence electrons. The molecule has 3 rings (SSSR count). The average Bonchev–Trinajstić information content (AvgIpc) is 2.92. The van der Waals surface area contributed by atoms with Crippen LogP contribution in [0.2, 0.25) is 0 Å². The number of aryl methyl sites for hydroxylation is 1. The second-order valence-corrected chi connectivity index (χ2v) is 4.25. The number of fused-ring (bicyclic) bond motifs is 1. The van der Waals surface area contributed by atoms with Crippen LogP contribution in [0.25, 0.3) is 23.1 Å². The van der Waals surface area contributed by atoms with Gasteiger partial charge in [0, 0.05) is 12.1 Å². The van der Waals surface area contributed by atoms with Crippen LogP contribution in [0, 0.1) is 0 Å². The largest absolute Gasteiger partial charge is 1.00 e. The summed E-state index contributed by atoms with van der Waals surface area (Å²) in [7, 11) is 2.06. The van der Waals surface area contributed by atoms with E-state index in [1.54, 1.807) is 6.26 Å². The maximum Gasteiger partial charge on any atom is 0.212 e. The molecule has 0 saturated heterocycles. The van der Waals surface area contributed by atoms with E-state index in [0.717, 1.165) is 5.76 Å². The molecule has 1 aromatic carbocycles. The fourth-order valence-corrected chi connectivity index (χ4v) is 2.09. The first-order chi connectivity index (χ1) is 8.84. The molecule has 0 N–H and O–H groups in total. The zero-order valence-electron chi connectivity index (χ0n) is 10.6. The van der Waals surface area contributed by atoms with Gasteiger partial charge in [-0.3, -0.25) is 0 Å². The zero-order valence-corrected chi connectivity index (χ0v) is 12.7. The van der Waals surface area contributed by atoms with E-state index in [2.05, 4.69) is 54.2 Å². The molecule has 0 bridgehead atoms. The summed E-state index contributed by atoms with van der Waals surface area (Å²) >= 11 is 0. The van der Waals surface area contributed by atoms with Crippen LogP contribution >= 0.6 is 0 Å². The average molecular weight is 363 g/mol. The van der Waals surface area contributed by atoms with Gasteiger partial charge in [-0.1, -0.05) is 18.2 Å². The van der Waals surface area contributed by atoms with E-state index in [0.29, 0.717) is 0 Å². The topological polar surface area (TPSA) is 17.0 Å². The molecule has 2 nitrogen and oxygen atoms in total. The summed E-state index contributed by atoms with van der Waals surface area (Å²) < 4.78 is 7.42. The first kappa shape index (κ1) is 13.8. The maximum atomic E-state index is 5.30. The van der Waals surface area contributed by atoms with Gasteiger partial charge < -0.3 is 28.4 Å². The first-order valence-electron chi connectivity index (χ1n) is 5.93. The molecule has 0 spiro atoms. The molecule has 2 heterocycles. The molecule has 0 amide bonds. The molecular weight excluding hydrogens is 349 g/mol. The third-order valence-electron chi connectivity index (χ3n) is 3.04. The Hall–Kier alpha value is -1.62. The van der Waals surface area contributed by atoms with Crippen molar-refractivity contribution in [1.29, 1.82) is 0 Å². The van der Waals surface area contributed by atoms with Gasteiger partial charge in [-0.2, -0.15) is 0 Å². The third-order valence-corrected chi connectivity index (χ3v) is 3.04. The van der Waals surface area contributed by atoms with E-state index in [-0.39, 0.29) is 24.0 Å². The van der Waals surface area contributed by atoms with Crippen molar-refractivity contribution in [3.8, 4) is 0 Å². The molecule has 0 aliphatic heterocycles. The van der Waals surface area contributed by atoms with Crippen molar-refractivity contribution in [2.75, 3.05) is 0 Å². The molecule has 0 aliphatic carbocycles. The Balaban J connectivity index is 0.00000133. The van der Waals surface area contributed by atoms with Crippen molar-refractivity contribution < 1.29 is 33.0 Å². The van der Waals surface area contributed by atoms with Crippen molar-refractivity contribution in [1.82, 2.24) is 0 Å². The molecule has 0 radical (unpaired) electrons. The highest BCUT2D eigenvalue weighted by atomic mass is 127. The van der Waals surface area contributed by atoms with Gasteiger partial charge in [-0.15, -0.1) is 0 Å². The summed E-state index contributed by atoms with van der Waals surface area (Å²) in [5.74, 6) is 0.868. The smallest absolute Gasteiger partial charge is 0.212 e. The number of halogens is 1. The Morgan fingerprint density at radius 1 is 1.00 bits per heavy atom.